The van der Waals surface area contributed by atoms with Crippen molar-refractivity contribution >= 4 is 24.3 Å². The minimum absolute atomic E-state index is 0.0519. The number of aromatic nitrogens is 2. The number of hydrogen-bond donors (Lipinski definition) is 2. The average molecular weight is 422 g/mol. The second-order valence-electron chi connectivity index (χ2n) is 7.56. The zero-order valence-electron chi connectivity index (χ0n) is 17.5. The highest BCUT2D eigenvalue weighted by atomic mass is 16.5. The van der Waals surface area contributed by atoms with E-state index >= 15 is 0 Å². The van der Waals surface area contributed by atoms with E-state index in [-0.39, 0.29) is 36.2 Å². The SMILES string of the molecule is COC(=O)C1CCCCN1C(=O)C1CCC(NC(=O)c2nccn2C)CC1.O=CO. The Balaban J connectivity index is 0.00000101. The number of carbonyl (C=O) groups excluding carboxylic acids is 3. The van der Waals surface area contributed by atoms with Gasteiger partial charge in [0.15, 0.2) is 5.82 Å². The van der Waals surface area contributed by atoms with Crippen molar-refractivity contribution in [3.8, 4) is 0 Å². The molecule has 2 fully saturated rings. The summed E-state index contributed by atoms with van der Waals surface area (Å²) in [7, 11) is 3.16. The van der Waals surface area contributed by atoms with Crippen molar-refractivity contribution in [2.24, 2.45) is 13.0 Å². The van der Waals surface area contributed by atoms with Gasteiger partial charge in [-0.15, -0.1) is 0 Å². The van der Waals surface area contributed by atoms with E-state index in [1.165, 1.54) is 7.11 Å². The molecule has 1 aliphatic carbocycles. The van der Waals surface area contributed by atoms with Gasteiger partial charge in [-0.2, -0.15) is 0 Å². The van der Waals surface area contributed by atoms with Gasteiger partial charge >= 0.3 is 5.97 Å². The molecule has 2 amide bonds. The number of hydrogen-bond acceptors (Lipinski definition) is 6. The summed E-state index contributed by atoms with van der Waals surface area (Å²) in [5, 5.41) is 9.90. The van der Waals surface area contributed by atoms with Gasteiger partial charge in [-0.25, -0.2) is 9.78 Å². The Kier molecular flexibility index (Phi) is 8.82. The van der Waals surface area contributed by atoms with E-state index in [2.05, 4.69) is 10.3 Å². The molecule has 1 saturated carbocycles. The number of aryl methyl sites for hydroxylation is 1. The van der Waals surface area contributed by atoms with Crippen molar-refractivity contribution in [3.05, 3.63) is 18.2 Å². The fourth-order valence-electron chi connectivity index (χ4n) is 4.13. The lowest BCUT2D eigenvalue weighted by molar-refractivity contribution is -0.156. The van der Waals surface area contributed by atoms with Gasteiger partial charge in [0, 0.05) is 37.9 Å². The number of nitrogens with one attached hydrogen (secondary N) is 1. The number of carboxylic acid groups (broad SMARTS) is 1. The van der Waals surface area contributed by atoms with Crippen molar-refractivity contribution in [1.29, 1.82) is 0 Å². The minimum Gasteiger partial charge on any atom is -0.483 e. The molecule has 0 bridgehead atoms. The molecular weight excluding hydrogens is 392 g/mol. The number of likely N-dealkylation sites (tertiary alicyclic amines) is 1. The van der Waals surface area contributed by atoms with Crippen LogP contribution in [0.1, 0.15) is 55.6 Å². The van der Waals surface area contributed by atoms with Crippen LogP contribution in [0.25, 0.3) is 0 Å². The van der Waals surface area contributed by atoms with Gasteiger partial charge in [-0.1, -0.05) is 0 Å². The molecule has 2 N–H and O–H groups in total. The summed E-state index contributed by atoms with van der Waals surface area (Å²) >= 11 is 0. The molecular formula is C20H30N4O6. The third kappa shape index (κ3) is 5.80. The van der Waals surface area contributed by atoms with Crippen LogP contribution in [0.15, 0.2) is 12.4 Å². The molecule has 1 unspecified atom stereocenters. The van der Waals surface area contributed by atoms with Crippen LogP contribution in [0.4, 0.5) is 0 Å². The third-order valence-corrected chi connectivity index (χ3v) is 5.70. The number of amides is 2. The van der Waals surface area contributed by atoms with Crippen LogP contribution in [0, 0.1) is 5.92 Å². The normalized spacial score (nSPS) is 23.5. The van der Waals surface area contributed by atoms with Crippen molar-refractivity contribution < 1.29 is 29.0 Å². The zero-order valence-corrected chi connectivity index (χ0v) is 17.5. The van der Waals surface area contributed by atoms with Crippen LogP contribution < -0.4 is 5.32 Å². The van der Waals surface area contributed by atoms with Crippen molar-refractivity contribution in [2.75, 3.05) is 13.7 Å². The Labute approximate surface area is 175 Å². The van der Waals surface area contributed by atoms with Crippen molar-refractivity contribution in [3.63, 3.8) is 0 Å². The number of esters is 1. The molecule has 1 aromatic rings. The zero-order chi connectivity index (χ0) is 22.1. The molecule has 3 rings (SSSR count). The quantitative estimate of drug-likeness (QED) is 0.546. The molecule has 0 radical (unpaired) electrons. The first-order chi connectivity index (χ1) is 14.4. The first-order valence-electron chi connectivity index (χ1n) is 10.2. The van der Waals surface area contributed by atoms with Gasteiger partial charge in [0.25, 0.3) is 12.4 Å². The predicted octanol–water partition coefficient (Wildman–Crippen LogP) is 0.964. The number of ether oxygens (including phenoxy) is 1. The Hall–Kier alpha value is -2.91. The monoisotopic (exact) mass is 422 g/mol. The fourth-order valence-corrected chi connectivity index (χ4v) is 4.13. The Morgan fingerprint density at radius 2 is 1.87 bits per heavy atom. The number of imidazole rings is 1. The maximum Gasteiger partial charge on any atom is 0.328 e. The minimum atomic E-state index is -0.447. The smallest absolute Gasteiger partial charge is 0.328 e. The number of nitrogens with zero attached hydrogens (tertiary/aromatic N) is 3. The third-order valence-electron chi connectivity index (χ3n) is 5.70. The summed E-state index contributed by atoms with van der Waals surface area (Å²) in [6.07, 6.45) is 8.81. The lowest BCUT2D eigenvalue weighted by Crippen LogP contribution is -2.51. The molecule has 2 aliphatic rings. The van der Waals surface area contributed by atoms with Crippen LogP contribution in [-0.4, -0.2) is 69.6 Å². The van der Waals surface area contributed by atoms with Crippen LogP contribution in [0.3, 0.4) is 0 Å². The van der Waals surface area contributed by atoms with E-state index < -0.39 is 6.04 Å². The standard InChI is InChI=1S/C19H28N4O4.CH2O2/c1-22-12-10-20-16(22)17(24)21-14-8-6-13(7-9-14)18(25)23-11-4-3-5-15(23)19(26)27-2;2-1-3/h10,12-15H,3-9,11H2,1-2H3,(H,21,24);1H,(H,2,3). The maximum absolute atomic E-state index is 13.0. The van der Waals surface area contributed by atoms with E-state index in [9.17, 15) is 14.4 Å². The summed E-state index contributed by atoms with van der Waals surface area (Å²) in [5.74, 6) is -0.142. The van der Waals surface area contributed by atoms with Crippen LogP contribution >= 0.6 is 0 Å². The molecule has 0 aromatic carbocycles. The average Bonchev–Trinajstić information content (AvgIpc) is 3.20. The van der Waals surface area contributed by atoms with E-state index in [1.54, 1.807) is 28.9 Å². The lowest BCUT2D eigenvalue weighted by atomic mass is 9.84. The van der Waals surface area contributed by atoms with Crippen molar-refractivity contribution in [2.45, 2.75) is 57.0 Å². The van der Waals surface area contributed by atoms with Crippen LogP contribution in [0.5, 0.6) is 0 Å². The molecule has 1 aliphatic heterocycles. The largest absolute Gasteiger partial charge is 0.483 e. The maximum atomic E-state index is 13.0. The molecule has 1 aromatic heterocycles. The van der Waals surface area contributed by atoms with E-state index in [4.69, 9.17) is 14.6 Å². The number of piperidine rings is 1. The highest BCUT2D eigenvalue weighted by Crippen LogP contribution is 2.29. The van der Waals surface area contributed by atoms with E-state index in [0.717, 1.165) is 38.5 Å². The Morgan fingerprint density at radius 1 is 1.20 bits per heavy atom. The first-order valence-corrected chi connectivity index (χ1v) is 10.2. The lowest BCUT2D eigenvalue weighted by Gasteiger charge is -2.38. The van der Waals surface area contributed by atoms with E-state index in [1.807, 2.05) is 0 Å². The molecule has 10 nitrogen and oxygen atoms in total. The van der Waals surface area contributed by atoms with Gasteiger partial charge in [0.05, 0.1) is 7.11 Å². The topological polar surface area (TPSA) is 131 Å². The molecule has 30 heavy (non-hydrogen) atoms. The summed E-state index contributed by atoms with van der Waals surface area (Å²) in [6, 6.07) is -0.395. The van der Waals surface area contributed by atoms with E-state index in [0.29, 0.717) is 18.8 Å². The Bertz CT molecular complexity index is 741. The summed E-state index contributed by atoms with van der Waals surface area (Å²) in [4.78, 5) is 51.4. The summed E-state index contributed by atoms with van der Waals surface area (Å²) in [5.41, 5.74) is 0. The molecule has 2 heterocycles. The van der Waals surface area contributed by atoms with Crippen LogP contribution in [0.2, 0.25) is 0 Å². The number of carbonyl (C=O) groups is 4. The second kappa shape index (κ2) is 11.3. The summed E-state index contributed by atoms with van der Waals surface area (Å²) < 4.78 is 6.56. The Morgan fingerprint density at radius 3 is 2.43 bits per heavy atom. The summed E-state index contributed by atoms with van der Waals surface area (Å²) in [6.45, 7) is 0.369. The molecule has 1 saturated heterocycles. The first kappa shape index (κ1) is 23.4. The predicted molar refractivity (Wildman–Crippen MR) is 106 cm³/mol. The van der Waals surface area contributed by atoms with Gasteiger partial charge in [0.2, 0.25) is 5.91 Å². The molecule has 10 heteroatoms. The highest BCUT2D eigenvalue weighted by molar-refractivity contribution is 5.91. The van der Waals surface area contributed by atoms with Crippen LogP contribution in [-0.2, 0) is 26.2 Å². The molecule has 1 atom stereocenters. The number of rotatable bonds is 4. The van der Waals surface area contributed by atoms with Gasteiger partial charge in [-0.05, 0) is 44.9 Å². The van der Waals surface area contributed by atoms with Gasteiger partial charge < -0.3 is 24.6 Å². The fraction of sp³-hybridized carbons (Fsp3) is 0.650. The molecule has 0 spiro atoms. The molecule has 166 valence electrons. The van der Waals surface area contributed by atoms with Gasteiger partial charge in [0.1, 0.15) is 6.04 Å². The van der Waals surface area contributed by atoms with Gasteiger partial charge in [-0.3, -0.25) is 14.4 Å². The highest BCUT2D eigenvalue weighted by Gasteiger charge is 2.37. The number of methoxy groups -OCH3 is 1. The van der Waals surface area contributed by atoms with Crippen molar-refractivity contribution in [1.82, 2.24) is 19.8 Å². The second-order valence-corrected chi connectivity index (χ2v) is 7.56.